The SMILES string of the molecule is CC1(CC(=O)N/N=C\c2ccc(Cl)cc2Cl)OCCO1. The van der Waals surface area contributed by atoms with Crippen molar-refractivity contribution in [2.45, 2.75) is 19.1 Å². The van der Waals surface area contributed by atoms with E-state index in [-0.39, 0.29) is 12.3 Å². The monoisotopic (exact) mass is 316 g/mol. The molecule has 1 heterocycles. The van der Waals surface area contributed by atoms with Crippen LogP contribution >= 0.6 is 23.2 Å². The van der Waals surface area contributed by atoms with Gasteiger partial charge in [0.2, 0.25) is 5.91 Å². The molecule has 1 saturated heterocycles. The van der Waals surface area contributed by atoms with Gasteiger partial charge >= 0.3 is 0 Å². The van der Waals surface area contributed by atoms with E-state index in [0.717, 1.165) is 0 Å². The number of hydrogen-bond acceptors (Lipinski definition) is 4. The van der Waals surface area contributed by atoms with Crippen molar-refractivity contribution in [1.29, 1.82) is 0 Å². The first kappa shape index (κ1) is 15.3. The van der Waals surface area contributed by atoms with Gasteiger partial charge in [-0.2, -0.15) is 5.10 Å². The number of benzene rings is 1. The lowest BCUT2D eigenvalue weighted by Gasteiger charge is -2.20. The van der Waals surface area contributed by atoms with Crippen LogP contribution in [0, 0.1) is 0 Å². The zero-order chi connectivity index (χ0) is 14.6. The molecule has 0 bridgehead atoms. The maximum Gasteiger partial charge on any atom is 0.245 e. The van der Waals surface area contributed by atoms with Crippen LogP contribution in [0.5, 0.6) is 0 Å². The summed E-state index contributed by atoms with van der Waals surface area (Å²) < 4.78 is 10.7. The first-order valence-corrected chi connectivity index (χ1v) is 6.79. The minimum absolute atomic E-state index is 0.0820. The van der Waals surface area contributed by atoms with Gasteiger partial charge in [-0.1, -0.05) is 29.3 Å². The number of carbonyl (C=O) groups is 1. The molecule has 0 atom stereocenters. The van der Waals surface area contributed by atoms with Crippen molar-refractivity contribution in [3.8, 4) is 0 Å². The molecule has 1 aliphatic rings. The quantitative estimate of drug-likeness (QED) is 0.686. The predicted molar refractivity (Wildman–Crippen MR) is 77.1 cm³/mol. The van der Waals surface area contributed by atoms with Crippen LogP contribution in [-0.4, -0.2) is 31.1 Å². The summed E-state index contributed by atoms with van der Waals surface area (Å²) in [6.07, 6.45) is 1.54. The van der Waals surface area contributed by atoms with Crippen LogP contribution in [-0.2, 0) is 14.3 Å². The van der Waals surface area contributed by atoms with Crippen molar-refractivity contribution in [2.24, 2.45) is 5.10 Å². The molecule has 1 amide bonds. The Balaban J connectivity index is 1.88. The van der Waals surface area contributed by atoms with Crippen LogP contribution in [0.15, 0.2) is 23.3 Å². The molecule has 0 radical (unpaired) electrons. The summed E-state index contributed by atoms with van der Waals surface area (Å²) in [5.74, 6) is -1.16. The van der Waals surface area contributed by atoms with Gasteiger partial charge in [-0.25, -0.2) is 5.43 Å². The normalized spacial score (nSPS) is 17.6. The fourth-order valence-electron chi connectivity index (χ4n) is 1.77. The molecule has 1 aliphatic heterocycles. The minimum atomic E-state index is -0.864. The molecule has 0 aromatic heterocycles. The van der Waals surface area contributed by atoms with Gasteiger partial charge in [0.15, 0.2) is 5.79 Å². The van der Waals surface area contributed by atoms with Crippen LogP contribution < -0.4 is 5.43 Å². The Morgan fingerprint density at radius 2 is 2.15 bits per heavy atom. The van der Waals surface area contributed by atoms with Crippen molar-refractivity contribution in [2.75, 3.05) is 13.2 Å². The Hall–Kier alpha value is -1.14. The third-order valence-electron chi connectivity index (χ3n) is 2.74. The van der Waals surface area contributed by atoms with Crippen molar-refractivity contribution in [3.63, 3.8) is 0 Å². The van der Waals surface area contributed by atoms with E-state index in [4.69, 9.17) is 32.7 Å². The summed E-state index contributed by atoms with van der Waals surface area (Å²) in [4.78, 5) is 11.7. The van der Waals surface area contributed by atoms with Gasteiger partial charge in [-0.3, -0.25) is 4.79 Å². The van der Waals surface area contributed by atoms with Crippen LogP contribution in [0.3, 0.4) is 0 Å². The van der Waals surface area contributed by atoms with Gasteiger partial charge < -0.3 is 9.47 Å². The summed E-state index contributed by atoms with van der Waals surface area (Å²) in [5.41, 5.74) is 3.07. The lowest BCUT2D eigenvalue weighted by Crippen LogP contribution is -2.33. The molecule has 0 spiro atoms. The van der Waals surface area contributed by atoms with Crippen LogP contribution in [0.2, 0.25) is 10.0 Å². The largest absolute Gasteiger partial charge is 0.347 e. The summed E-state index contributed by atoms with van der Waals surface area (Å²) in [6, 6.07) is 5.01. The second-order valence-corrected chi connectivity index (χ2v) is 5.31. The highest BCUT2D eigenvalue weighted by Gasteiger charge is 2.33. The zero-order valence-corrected chi connectivity index (χ0v) is 12.4. The smallest absolute Gasteiger partial charge is 0.245 e. The molecule has 20 heavy (non-hydrogen) atoms. The maximum absolute atomic E-state index is 11.7. The fraction of sp³-hybridized carbons (Fsp3) is 0.385. The predicted octanol–water partition coefficient (Wildman–Crippen LogP) is 2.60. The van der Waals surface area contributed by atoms with E-state index in [9.17, 15) is 4.79 Å². The van der Waals surface area contributed by atoms with Gasteiger partial charge in [0, 0.05) is 10.6 Å². The summed E-state index contributed by atoms with van der Waals surface area (Å²) in [5, 5.41) is 4.85. The van der Waals surface area contributed by atoms with Crippen molar-refractivity contribution in [3.05, 3.63) is 33.8 Å². The van der Waals surface area contributed by atoms with Gasteiger partial charge in [-0.15, -0.1) is 0 Å². The molecular weight excluding hydrogens is 303 g/mol. The number of ether oxygens (including phenoxy) is 2. The number of nitrogens with one attached hydrogen (secondary N) is 1. The van der Waals surface area contributed by atoms with E-state index >= 15 is 0 Å². The highest BCUT2D eigenvalue weighted by atomic mass is 35.5. The van der Waals surface area contributed by atoms with Crippen molar-refractivity contribution < 1.29 is 14.3 Å². The zero-order valence-electron chi connectivity index (χ0n) is 10.9. The van der Waals surface area contributed by atoms with Gasteiger partial charge in [0.25, 0.3) is 0 Å². The molecule has 108 valence electrons. The van der Waals surface area contributed by atoms with Crippen LogP contribution in [0.25, 0.3) is 0 Å². The lowest BCUT2D eigenvalue weighted by atomic mass is 10.2. The molecule has 1 aromatic rings. The number of rotatable bonds is 4. The third-order valence-corrected chi connectivity index (χ3v) is 3.30. The average molecular weight is 317 g/mol. The number of amides is 1. The average Bonchev–Trinajstić information content (AvgIpc) is 2.78. The Kier molecular flexibility index (Phi) is 4.99. The summed E-state index contributed by atoms with van der Waals surface area (Å²) in [7, 11) is 0. The summed E-state index contributed by atoms with van der Waals surface area (Å²) >= 11 is 11.8. The number of hydrazone groups is 1. The van der Waals surface area contributed by atoms with Crippen LogP contribution in [0.4, 0.5) is 0 Å². The van der Waals surface area contributed by atoms with Gasteiger partial charge in [0.05, 0.1) is 30.9 Å². The van der Waals surface area contributed by atoms with E-state index in [1.54, 1.807) is 25.1 Å². The molecule has 0 saturated carbocycles. The summed E-state index contributed by atoms with van der Waals surface area (Å²) in [6.45, 7) is 2.71. The second-order valence-electron chi connectivity index (χ2n) is 4.47. The highest BCUT2D eigenvalue weighted by molar-refractivity contribution is 6.36. The van der Waals surface area contributed by atoms with E-state index in [2.05, 4.69) is 10.5 Å². The van der Waals surface area contributed by atoms with Crippen molar-refractivity contribution in [1.82, 2.24) is 5.43 Å². The number of hydrogen-bond donors (Lipinski definition) is 1. The first-order chi connectivity index (χ1) is 9.48. The Morgan fingerprint density at radius 3 is 2.80 bits per heavy atom. The van der Waals surface area contributed by atoms with E-state index < -0.39 is 5.79 Å². The lowest BCUT2D eigenvalue weighted by molar-refractivity contribution is -0.159. The van der Waals surface area contributed by atoms with Gasteiger partial charge in [-0.05, 0) is 19.1 Å². The molecule has 7 heteroatoms. The minimum Gasteiger partial charge on any atom is -0.347 e. The molecule has 0 aliphatic carbocycles. The van der Waals surface area contributed by atoms with E-state index in [1.165, 1.54) is 6.21 Å². The van der Waals surface area contributed by atoms with E-state index in [0.29, 0.717) is 28.8 Å². The Morgan fingerprint density at radius 1 is 1.45 bits per heavy atom. The molecular formula is C13H14Cl2N2O3. The number of carbonyl (C=O) groups excluding carboxylic acids is 1. The standard InChI is InChI=1S/C13H14Cl2N2O3/c1-13(19-4-5-20-13)7-12(18)17-16-8-9-2-3-10(14)6-11(9)15/h2-3,6,8H,4-5,7H2,1H3,(H,17,18)/b16-8-. The molecule has 1 fully saturated rings. The molecule has 1 N–H and O–H groups in total. The van der Waals surface area contributed by atoms with Crippen molar-refractivity contribution >= 4 is 35.3 Å². The third kappa shape index (κ3) is 4.18. The molecule has 2 rings (SSSR count). The molecule has 0 unspecified atom stereocenters. The molecule has 1 aromatic carbocycles. The fourth-order valence-corrected chi connectivity index (χ4v) is 2.23. The number of halogens is 2. The molecule has 5 nitrogen and oxygen atoms in total. The first-order valence-electron chi connectivity index (χ1n) is 6.03. The Bertz CT molecular complexity index is 528. The second kappa shape index (κ2) is 6.54. The highest BCUT2D eigenvalue weighted by Crippen LogP contribution is 2.22. The number of nitrogens with zero attached hydrogens (tertiary/aromatic N) is 1. The van der Waals surface area contributed by atoms with E-state index in [1.807, 2.05) is 0 Å². The topological polar surface area (TPSA) is 59.9 Å². The van der Waals surface area contributed by atoms with Crippen LogP contribution in [0.1, 0.15) is 18.9 Å². The van der Waals surface area contributed by atoms with Gasteiger partial charge in [0.1, 0.15) is 0 Å². The Labute approximate surface area is 126 Å². The maximum atomic E-state index is 11.7.